The molecule has 1 fully saturated rings. The second kappa shape index (κ2) is 3.15. The maximum absolute atomic E-state index is 8.42. The van der Waals surface area contributed by atoms with Gasteiger partial charge >= 0.3 is 0 Å². The summed E-state index contributed by atoms with van der Waals surface area (Å²) >= 11 is 0. The first kappa shape index (κ1) is 6.99. The maximum Gasteiger partial charge on any atom is 0.0864 e. The van der Waals surface area contributed by atoms with Crippen molar-refractivity contribution in [3.05, 3.63) is 0 Å². The smallest absolute Gasteiger partial charge is 0.0864 e. The molecule has 1 rings (SSSR count). The minimum atomic E-state index is 0.187. The Kier molecular flexibility index (Phi) is 2.45. The number of hydrogen-bond donors (Lipinski definition) is 2. The fourth-order valence-electron chi connectivity index (χ4n) is 0.942. The first-order valence-corrected chi connectivity index (χ1v) is 3.25. The molecule has 9 heavy (non-hydrogen) atoms. The molecule has 1 heterocycles. The minimum Gasteiger partial charge on any atom is -0.396 e. The van der Waals surface area contributed by atoms with Gasteiger partial charge in [0.1, 0.15) is 0 Å². The second-order valence-electron chi connectivity index (χ2n) is 2.24. The van der Waals surface area contributed by atoms with Gasteiger partial charge in [0.25, 0.3) is 0 Å². The van der Waals surface area contributed by atoms with Crippen molar-refractivity contribution in [3.63, 3.8) is 0 Å². The van der Waals surface area contributed by atoms with E-state index in [-0.39, 0.29) is 25.4 Å². The average Bonchev–Trinajstić information content (AvgIpc) is 2.50. The van der Waals surface area contributed by atoms with Gasteiger partial charge in [-0.15, -0.1) is 0 Å². The summed E-state index contributed by atoms with van der Waals surface area (Å²) < 4.78 is 5.08. The van der Waals surface area contributed by atoms with Crippen molar-refractivity contribution in [2.75, 3.05) is 13.2 Å². The van der Waals surface area contributed by atoms with Crippen LogP contribution in [-0.2, 0) is 4.74 Å². The third kappa shape index (κ3) is 1.93. The fourth-order valence-corrected chi connectivity index (χ4v) is 0.942. The maximum atomic E-state index is 8.42. The molecule has 0 aromatic heterocycles. The van der Waals surface area contributed by atoms with Crippen molar-refractivity contribution in [2.24, 2.45) is 0 Å². The second-order valence-corrected chi connectivity index (χ2v) is 2.24. The molecule has 1 aliphatic rings. The van der Waals surface area contributed by atoms with E-state index in [9.17, 15) is 0 Å². The van der Waals surface area contributed by atoms with E-state index in [0.717, 1.165) is 0 Å². The molecule has 0 spiro atoms. The third-order valence-electron chi connectivity index (χ3n) is 1.51. The van der Waals surface area contributed by atoms with E-state index in [4.69, 9.17) is 14.9 Å². The molecule has 0 saturated carbocycles. The highest BCUT2D eigenvalue weighted by molar-refractivity contribution is 4.83. The Bertz CT molecular complexity index is 74.4. The number of epoxide rings is 1. The van der Waals surface area contributed by atoms with Gasteiger partial charge in [-0.05, 0) is 12.8 Å². The average molecular weight is 132 g/mol. The van der Waals surface area contributed by atoms with Crippen molar-refractivity contribution in [2.45, 2.75) is 25.0 Å². The first-order chi connectivity index (χ1) is 4.38. The van der Waals surface area contributed by atoms with Crippen molar-refractivity contribution >= 4 is 0 Å². The quantitative estimate of drug-likeness (QED) is 0.508. The van der Waals surface area contributed by atoms with Gasteiger partial charge in [0.05, 0.1) is 12.2 Å². The van der Waals surface area contributed by atoms with Gasteiger partial charge in [-0.1, -0.05) is 0 Å². The Morgan fingerprint density at radius 1 is 1.00 bits per heavy atom. The van der Waals surface area contributed by atoms with Crippen LogP contribution in [0.2, 0.25) is 0 Å². The number of aliphatic hydroxyl groups excluding tert-OH is 2. The van der Waals surface area contributed by atoms with Crippen LogP contribution < -0.4 is 0 Å². The first-order valence-electron chi connectivity index (χ1n) is 3.25. The van der Waals surface area contributed by atoms with Crippen LogP contribution in [0, 0.1) is 0 Å². The van der Waals surface area contributed by atoms with Gasteiger partial charge in [-0.25, -0.2) is 0 Å². The lowest BCUT2D eigenvalue weighted by molar-refractivity contribution is 0.253. The third-order valence-corrected chi connectivity index (χ3v) is 1.51. The van der Waals surface area contributed by atoms with E-state index < -0.39 is 0 Å². The molecule has 0 aromatic carbocycles. The number of aliphatic hydroxyl groups is 2. The monoisotopic (exact) mass is 132 g/mol. The Morgan fingerprint density at radius 3 is 1.78 bits per heavy atom. The molecule has 3 nitrogen and oxygen atoms in total. The lowest BCUT2D eigenvalue weighted by atomic mass is 10.2. The van der Waals surface area contributed by atoms with Gasteiger partial charge in [0.15, 0.2) is 0 Å². The predicted molar refractivity (Wildman–Crippen MR) is 32.1 cm³/mol. The zero-order valence-corrected chi connectivity index (χ0v) is 5.29. The van der Waals surface area contributed by atoms with E-state index in [1.165, 1.54) is 0 Å². The molecule has 2 atom stereocenters. The van der Waals surface area contributed by atoms with Crippen LogP contribution in [0.15, 0.2) is 0 Å². The van der Waals surface area contributed by atoms with E-state index in [1.807, 2.05) is 0 Å². The Hall–Kier alpha value is -0.120. The summed E-state index contributed by atoms with van der Waals surface area (Å²) in [6, 6.07) is 0. The van der Waals surface area contributed by atoms with Crippen LogP contribution in [0.3, 0.4) is 0 Å². The van der Waals surface area contributed by atoms with E-state index in [1.54, 1.807) is 0 Å². The molecule has 0 aromatic rings. The van der Waals surface area contributed by atoms with Crippen LogP contribution in [-0.4, -0.2) is 35.6 Å². The largest absolute Gasteiger partial charge is 0.396 e. The van der Waals surface area contributed by atoms with Gasteiger partial charge in [0.2, 0.25) is 0 Å². The standard InChI is InChI=1S/C6H12O3/c7-3-1-5-6(9-5)2-4-8/h5-8H,1-4H2/t5-,6-/m0/s1. The van der Waals surface area contributed by atoms with Crippen LogP contribution in [0.25, 0.3) is 0 Å². The predicted octanol–water partition coefficient (Wildman–Crippen LogP) is -0.481. The molecule has 0 radical (unpaired) electrons. The van der Waals surface area contributed by atoms with Crippen molar-refractivity contribution in [1.29, 1.82) is 0 Å². The van der Waals surface area contributed by atoms with Crippen molar-refractivity contribution < 1.29 is 14.9 Å². The highest BCUT2D eigenvalue weighted by Crippen LogP contribution is 2.27. The Labute approximate surface area is 54.3 Å². The molecule has 3 heteroatoms. The molecular formula is C6H12O3. The molecule has 1 saturated heterocycles. The topological polar surface area (TPSA) is 53.0 Å². The van der Waals surface area contributed by atoms with E-state index >= 15 is 0 Å². The molecule has 1 aliphatic heterocycles. The summed E-state index contributed by atoms with van der Waals surface area (Å²) in [7, 11) is 0. The summed E-state index contributed by atoms with van der Waals surface area (Å²) in [4.78, 5) is 0. The Morgan fingerprint density at radius 2 is 1.44 bits per heavy atom. The summed E-state index contributed by atoms with van der Waals surface area (Å²) in [5.74, 6) is 0. The molecule has 0 unspecified atom stereocenters. The van der Waals surface area contributed by atoms with Gasteiger partial charge in [-0.3, -0.25) is 0 Å². The summed E-state index contributed by atoms with van der Waals surface area (Å²) in [5, 5.41) is 16.8. The molecular weight excluding hydrogens is 120 g/mol. The summed E-state index contributed by atoms with van der Waals surface area (Å²) in [6.07, 6.45) is 1.87. The van der Waals surface area contributed by atoms with E-state index in [2.05, 4.69) is 0 Å². The van der Waals surface area contributed by atoms with Crippen LogP contribution >= 0.6 is 0 Å². The normalized spacial score (nSPS) is 32.7. The van der Waals surface area contributed by atoms with E-state index in [0.29, 0.717) is 12.8 Å². The molecule has 0 bridgehead atoms. The van der Waals surface area contributed by atoms with Crippen LogP contribution in [0.1, 0.15) is 12.8 Å². The molecule has 0 amide bonds. The summed E-state index contributed by atoms with van der Waals surface area (Å²) in [6.45, 7) is 0.374. The summed E-state index contributed by atoms with van der Waals surface area (Å²) in [5.41, 5.74) is 0. The lowest BCUT2D eigenvalue weighted by Gasteiger charge is -1.86. The molecule has 2 N–H and O–H groups in total. The van der Waals surface area contributed by atoms with Crippen molar-refractivity contribution in [3.8, 4) is 0 Å². The number of hydrogen-bond acceptors (Lipinski definition) is 3. The lowest BCUT2D eigenvalue weighted by Crippen LogP contribution is -1.98. The highest BCUT2D eigenvalue weighted by atomic mass is 16.6. The fraction of sp³-hybridized carbons (Fsp3) is 1.00. The molecule has 54 valence electrons. The van der Waals surface area contributed by atoms with Gasteiger partial charge < -0.3 is 14.9 Å². The zero-order valence-electron chi connectivity index (χ0n) is 5.29. The SMILES string of the molecule is OCC[C@@H]1O[C@H]1CCO. The number of ether oxygens (including phenoxy) is 1. The molecule has 0 aliphatic carbocycles. The van der Waals surface area contributed by atoms with Gasteiger partial charge in [0, 0.05) is 13.2 Å². The minimum absolute atomic E-state index is 0.187. The zero-order chi connectivity index (χ0) is 6.69. The number of rotatable bonds is 4. The van der Waals surface area contributed by atoms with Crippen molar-refractivity contribution in [1.82, 2.24) is 0 Å². The van der Waals surface area contributed by atoms with Crippen LogP contribution in [0.5, 0.6) is 0 Å². The highest BCUT2D eigenvalue weighted by Gasteiger charge is 2.36. The van der Waals surface area contributed by atoms with Gasteiger partial charge in [-0.2, -0.15) is 0 Å². The van der Waals surface area contributed by atoms with Crippen LogP contribution in [0.4, 0.5) is 0 Å². The Balaban J connectivity index is 1.96.